The van der Waals surface area contributed by atoms with E-state index in [1.807, 2.05) is 0 Å². The number of hydrogen-bond acceptors (Lipinski definition) is 4. The van der Waals surface area contributed by atoms with Crippen LogP contribution < -0.4 is 10.6 Å². The smallest absolute Gasteiger partial charge is 0.0193 e. The van der Waals surface area contributed by atoms with Gasteiger partial charge >= 0.3 is 0 Å². The van der Waals surface area contributed by atoms with Crippen LogP contribution >= 0.6 is 0 Å². The van der Waals surface area contributed by atoms with Crippen molar-refractivity contribution in [2.24, 2.45) is 5.92 Å². The highest BCUT2D eigenvalue weighted by atomic mass is 15.2. The lowest BCUT2D eigenvalue weighted by Gasteiger charge is -2.33. The molecule has 17 heavy (non-hydrogen) atoms. The molecule has 0 radical (unpaired) electrons. The Bertz CT molecular complexity index is 215. The molecule has 0 aromatic carbocycles. The molecule has 100 valence electrons. The number of nitrogens with zero attached hydrogens (tertiary/aromatic N) is 2. The van der Waals surface area contributed by atoms with E-state index in [1.165, 1.54) is 39.1 Å². The summed E-state index contributed by atoms with van der Waals surface area (Å²) < 4.78 is 0. The van der Waals surface area contributed by atoms with E-state index in [0.29, 0.717) is 6.04 Å². The molecule has 2 unspecified atom stereocenters. The lowest BCUT2D eigenvalue weighted by Crippen LogP contribution is -2.50. The number of piperazine rings is 1. The minimum atomic E-state index is 0.677. The van der Waals surface area contributed by atoms with E-state index >= 15 is 0 Å². The van der Waals surface area contributed by atoms with Crippen molar-refractivity contribution in [2.75, 3.05) is 59.4 Å². The van der Waals surface area contributed by atoms with Gasteiger partial charge < -0.3 is 15.5 Å². The quantitative estimate of drug-likeness (QED) is 0.698. The third-order valence-electron chi connectivity index (χ3n) is 4.14. The lowest BCUT2D eigenvalue weighted by molar-refractivity contribution is 0.179. The fourth-order valence-corrected chi connectivity index (χ4v) is 2.94. The highest BCUT2D eigenvalue weighted by Crippen LogP contribution is 2.12. The summed E-state index contributed by atoms with van der Waals surface area (Å²) in [7, 11) is 2.23. The van der Waals surface area contributed by atoms with Crippen LogP contribution in [0.25, 0.3) is 0 Å². The molecule has 2 fully saturated rings. The largest absolute Gasteiger partial charge is 0.315 e. The Hall–Kier alpha value is -0.160. The van der Waals surface area contributed by atoms with Gasteiger partial charge in [0.1, 0.15) is 0 Å². The van der Waals surface area contributed by atoms with Gasteiger partial charge in [-0.15, -0.1) is 0 Å². The van der Waals surface area contributed by atoms with Crippen LogP contribution in [-0.2, 0) is 0 Å². The van der Waals surface area contributed by atoms with Crippen molar-refractivity contribution in [2.45, 2.75) is 19.4 Å². The predicted molar refractivity (Wildman–Crippen MR) is 72.4 cm³/mol. The topological polar surface area (TPSA) is 30.5 Å². The summed E-state index contributed by atoms with van der Waals surface area (Å²) in [5.41, 5.74) is 0. The fourth-order valence-electron chi connectivity index (χ4n) is 2.94. The van der Waals surface area contributed by atoms with Gasteiger partial charge in [0.2, 0.25) is 0 Å². The van der Waals surface area contributed by atoms with E-state index in [9.17, 15) is 0 Å². The molecule has 2 heterocycles. The molecule has 2 aliphatic heterocycles. The normalized spacial score (nSPS) is 29.6. The van der Waals surface area contributed by atoms with Crippen LogP contribution in [0.5, 0.6) is 0 Å². The molecule has 2 saturated heterocycles. The van der Waals surface area contributed by atoms with E-state index in [-0.39, 0.29) is 0 Å². The molecule has 0 amide bonds. The number of nitrogens with one attached hydrogen (secondary N) is 2. The van der Waals surface area contributed by atoms with Crippen molar-refractivity contribution in [3.63, 3.8) is 0 Å². The van der Waals surface area contributed by atoms with Gasteiger partial charge in [-0.1, -0.05) is 0 Å². The third kappa shape index (κ3) is 4.21. The van der Waals surface area contributed by atoms with Crippen molar-refractivity contribution < 1.29 is 0 Å². The second kappa shape index (κ2) is 6.69. The van der Waals surface area contributed by atoms with Gasteiger partial charge in [-0.05, 0) is 39.4 Å². The van der Waals surface area contributed by atoms with Crippen molar-refractivity contribution in [3.8, 4) is 0 Å². The summed E-state index contributed by atoms with van der Waals surface area (Å²) in [5.74, 6) is 0.871. The van der Waals surface area contributed by atoms with Crippen molar-refractivity contribution >= 4 is 0 Å². The highest BCUT2D eigenvalue weighted by Gasteiger charge is 2.20. The first-order valence-electron chi connectivity index (χ1n) is 7.09. The first kappa shape index (κ1) is 13.3. The van der Waals surface area contributed by atoms with Crippen LogP contribution in [0.4, 0.5) is 0 Å². The van der Waals surface area contributed by atoms with E-state index in [2.05, 4.69) is 34.4 Å². The zero-order valence-corrected chi connectivity index (χ0v) is 11.4. The fraction of sp³-hybridized carbons (Fsp3) is 1.00. The molecule has 0 aromatic rings. The Morgan fingerprint density at radius 1 is 1.29 bits per heavy atom. The summed E-state index contributed by atoms with van der Waals surface area (Å²) >= 11 is 0. The monoisotopic (exact) mass is 240 g/mol. The van der Waals surface area contributed by atoms with Crippen molar-refractivity contribution in [1.29, 1.82) is 0 Å². The average molecular weight is 240 g/mol. The number of rotatable bonds is 5. The maximum Gasteiger partial charge on any atom is 0.0193 e. The van der Waals surface area contributed by atoms with Crippen LogP contribution in [0.15, 0.2) is 0 Å². The molecule has 0 spiro atoms. The molecule has 0 bridgehead atoms. The molecule has 2 aliphatic rings. The molecule has 4 nitrogen and oxygen atoms in total. The Balaban J connectivity index is 1.57. The third-order valence-corrected chi connectivity index (χ3v) is 4.14. The van der Waals surface area contributed by atoms with E-state index < -0.39 is 0 Å². The van der Waals surface area contributed by atoms with Gasteiger partial charge in [-0.3, -0.25) is 4.90 Å². The Kier molecular flexibility index (Phi) is 5.22. The molecule has 2 rings (SSSR count). The summed E-state index contributed by atoms with van der Waals surface area (Å²) in [6.45, 7) is 11.9. The predicted octanol–water partition coefficient (Wildman–Crippen LogP) is -0.179. The summed E-state index contributed by atoms with van der Waals surface area (Å²) in [5, 5.41) is 7.06. The maximum absolute atomic E-state index is 3.66. The van der Waals surface area contributed by atoms with Crippen LogP contribution in [0, 0.1) is 5.92 Å². The second-order valence-electron chi connectivity index (χ2n) is 5.71. The zero-order valence-electron chi connectivity index (χ0n) is 11.4. The van der Waals surface area contributed by atoms with E-state index in [0.717, 1.165) is 25.6 Å². The Labute approximate surface area is 106 Å². The second-order valence-corrected chi connectivity index (χ2v) is 5.71. The standard InChI is InChI=1S/C13H28N4/c1-12(17-7-4-14-5-8-17)9-15-10-13-3-6-16(2)11-13/h12-15H,3-11H2,1-2H3. The van der Waals surface area contributed by atoms with Crippen LogP contribution in [-0.4, -0.2) is 75.2 Å². The van der Waals surface area contributed by atoms with Gasteiger partial charge in [0.25, 0.3) is 0 Å². The minimum Gasteiger partial charge on any atom is -0.315 e. The summed E-state index contributed by atoms with van der Waals surface area (Å²) in [4.78, 5) is 5.02. The van der Waals surface area contributed by atoms with Crippen LogP contribution in [0.1, 0.15) is 13.3 Å². The van der Waals surface area contributed by atoms with Crippen molar-refractivity contribution in [3.05, 3.63) is 0 Å². The average Bonchev–Trinajstić information content (AvgIpc) is 2.76. The maximum atomic E-state index is 3.66. The Morgan fingerprint density at radius 3 is 2.71 bits per heavy atom. The lowest BCUT2D eigenvalue weighted by atomic mass is 10.1. The summed E-state index contributed by atoms with van der Waals surface area (Å²) in [6.07, 6.45) is 1.37. The molecule has 0 aliphatic carbocycles. The van der Waals surface area contributed by atoms with Gasteiger partial charge in [0.15, 0.2) is 0 Å². The van der Waals surface area contributed by atoms with E-state index in [1.54, 1.807) is 0 Å². The zero-order chi connectivity index (χ0) is 12.1. The molecular formula is C13H28N4. The van der Waals surface area contributed by atoms with Crippen LogP contribution in [0.3, 0.4) is 0 Å². The molecular weight excluding hydrogens is 212 g/mol. The van der Waals surface area contributed by atoms with Crippen molar-refractivity contribution in [1.82, 2.24) is 20.4 Å². The summed E-state index contributed by atoms with van der Waals surface area (Å²) in [6, 6.07) is 0.677. The molecule has 0 aromatic heterocycles. The number of likely N-dealkylation sites (tertiary alicyclic amines) is 1. The Morgan fingerprint density at radius 2 is 2.06 bits per heavy atom. The molecule has 4 heteroatoms. The first-order valence-corrected chi connectivity index (χ1v) is 7.09. The minimum absolute atomic E-state index is 0.677. The first-order chi connectivity index (χ1) is 8.25. The van der Waals surface area contributed by atoms with Gasteiger partial charge in [-0.25, -0.2) is 0 Å². The molecule has 0 saturated carbocycles. The molecule has 2 atom stereocenters. The van der Waals surface area contributed by atoms with Crippen LogP contribution in [0.2, 0.25) is 0 Å². The van der Waals surface area contributed by atoms with Gasteiger partial charge in [-0.2, -0.15) is 0 Å². The van der Waals surface area contributed by atoms with Gasteiger partial charge in [0.05, 0.1) is 0 Å². The SMILES string of the molecule is CC(CNCC1CCN(C)C1)N1CCNCC1. The number of hydrogen-bond donors (Lipinski definition) is 2. The van der Waals surface area contributed by atoms with Gasteiger partial charge in [0, 0.05) is 45.3 Å². The van der Waals surface area contributed by atoms with E-state index in [4.69, 9.17) is 0 Å². The molecule has 2 N–H and O–H groups in total. The highest BCUT2D eigenvalue weighted by molar-refractivity contribution is 4.78.